The Labute approximate surface area is 172 Å². The summed E-state index contributed by atoms with van der Waals surface area (Å²) < 4.78 is 1.08. The quantitative estimate of drug-likeness (QED) is 0.515. The van der Waals surface area contributed by atoms with E-state index in [9.17, 15) is 5.26 Å². The maximum atomic E-state index is 9.27. The van der Waals surface area contributed by atoms with Crippen molar-refractivity contribution in [3.63, 3.8) is 0 Å². The summed E-state index contributed by atoms with van der Waals surface area (Å²) >= 11 is 5.32. The highest BCUT2D eigenvalue weighted by Gasteiger charge is 2.23. The molecule has 0 atom stereocenters. The Bertz CT molecular complexity index is 967. The lowest BCUT2D eigenvalue weighted by Gasteiger charge is -2.31. The predicted octanol–water partition coefficient (Wildman–Crippen LogP) is 5.82. The zero-order chi connectivity index (χ0) is 18.6. The molecule has 5 heteroatoms. The van der Waals surface area contributed by atoms with Crippen LogP contribution in [0.3, 0.4) is 0 Å². The van der Waals surface area contributed by atoms with Gasteiger partial charge >= 0.3 is 0 Å². The van der Waals surface area contributed by atoms with Gasteiger partial charge in [-0.1, -0.05) is 46.3 Å². The molecule has 1 aliphatic heterocycles. The van der Waals surface area contributed by atoms with E-state index in [1.54, 1.807) is 11.3 Å². The van der Waals surface area contributed by atoms with Crippen molar-refractivity contribution in [2.75, 3.05) is 13.1 Å². The minimum atomic E-state index is 0.540. The van der Waals surface area contributed by atoms with Crippen molar-refractivity contribution in [3.05, 3.63) is 74.5 Å². The molecule has 0 saturated carbocycles. The van der Waals surface area contributed by atoms with Crippen LogP contribution >= 0.6 is 27.3 Å². The van der Waals surface area contributed by atoms with E-state index >= 15 is 0 Å². The zero-order valence-corrected chi connectivity index (χ0v) is 17.3. The van der Waals surface area contributed by atoms with Crippen LogP contribution in [0.4, 0.5) is 0 Å². The van der Waals surface area contributed by atoms with Gasteiger partial charge in [0.05, 0.1) is 22.3 Å². The highest BCUT2D eigenvalue weighted by Crippen LogP contribution is 2.33. The van der Waals surface area contributed by atoms with E-state index in [0.717, 1.165) is 59.3 Å². The number of benzene rings is 2. The molecule has 27 heavy (non-hydrogen) atoms. The van der Waals surface area contributed by atoms with Gasteiger partial charge in [-0.3, -0.25) is 4.90 Å². The van der Waals surface area contributed by atoms with Crippen molar-refractivity contribution in [1.29, 1.82) is 5.26 Å². The summed E-state index contributed by atoms with van der Waals surface area (Å²) in [5, 5.41) is 12.7. The first-order chi connectivity index (χ1) is 13.2. The Hall–Kier alpha value is -2.00. The lowest BCUT2D eigenvalue weighted by atomic mass is 9.96. The SMILES string of the molecule is N#Cc1ccccc1CN1CCC(c2nc(-c3cccc(Br)c3)cs2)CC1. The van der Waals surface area contributed by atoms with Gasteiger partial charge in [-0.05, 0) is 49.7 Å². The van der Waals surface area contributed by atoms with Crippen molar-refractivity contribution in [1.82, 2.24) is 9.88 Å². The number of halogens is 1. The summed E-state index contributed by atoms with van der Waals surface area (Å²) in [5.74, 6) is 0.540. The number of hydrogen-bond acceptors (Lipinski definition) is 4. The van der Waals surface area contributed by atoms with Crippen LogP contribution in [0.5, 0.6) is 0 Å². The Morgan fingerprint density at radius 1 is 1.15 bits per heavy atom. The molecule has 1 aromatic heterocycles. The number of nitriles is 1. The van der Waals surface area contributed by atoms with Gasteiger partial charge in [0, 0.05) is 27.9 Å². The smallest absolute Gasteiger partial charge is 0.0995 e. The lowest BCUT2D eigenvalue weighted by molar-refractivity contribution is 0.204. The summed E-state index contributed by atoms with van der Waals surface area (Å²) in [4.78, 5) is 7.37. The van der Waals surface area contributed by atoms with Crippen LogP contribution in [-0.2, 0) is 6.54 Å². The minimum absolute atomic E-state index is 0.540. The van der Waals surface area contributed by atoms with Gasteiger partial charge in [0.2, 0.25) is 0 Å². The summed E-state index contributed by atoms with van der Waals surface area (Å²) in [6.45, 7) is 2.96. The number of nitrogens with zero attached hydrogens (tertiary/aromatic N) is 3. The highest BCUT2D eigenvalue weighted by molar-refractivity contribution is 9.10. The summed E-state index contributed by atoms with van der Waals surface area (Å²) in [6.07, 6.45) is 2.25. The van der Waals surface area contributed by atoms with Crippen molar-refractivity contribution < 1.29 is 0 Å². The molecule has 0 amide bonds. The van der Waals surface area contributed by atoms with Crippen LogP contribution in [0.25, 0.3) is 11.3 Å². The monoisotopic (exact) mass is 437 g/mol. The van der Waals surface area contributed by atoms with Crippen LogP contribution in [0, 0.1) is 11.3 Å². The predicted molar refractivity (Wildman–Crippen MR) is 114 cm³/mol. The Balaban J connectivity index is 1.39. The van der Waals surface area contributed by atoms with E-state index in [1.807, 2.05) is 24.3 Å². The Kier molecular flexibility index (Phi) is 5.68. The third kappa shape index (κ3) is 4.30. The number of hydrogen-bond donors (Lipinski definition) is 0. The van der Waals surface area contributed by atoms with E-state index < -0.39 is 0 Å². The van der Waals surface area contributed by atoms with E-state index in [0.29, 0.717) is 5.92 Å². The average molecular weight is 438 g/mol. The molecule has 2 heterocycles. The molecule has 1 saturated heterocycles. The summed E-state index contributed by atoms with van der Waals surface area (Å²) in [5.41, 5.74) is 4.15. The first kappa shape index (κ1) is 18.4. The second-order valence-electron chi connectivity index (χ2n) is 6.90. The molecule has 0 aliphatic carbocycles. The molecule has 1 aliphatic rings. The Morgan fingerprint density at radius 3 is 2.74 bits per heavy atom. The first-order valence-electron chi connectivity index (χ1n) is 9.14. The second kappa shape index (κ2) is 8.35. The number of rotatable bonds is 4. The minimum Gasteiger partial charge on any atom is -0.299 e. The highest BCUT2D eigenvalue weighted by atomic mass is 79.9. The molecule has 0 radical (unpaired) electrons. The molecule has 136 valence electrons. The molecule has 0 unspecified atom stereocenters. The number of aromatic nitrogens is 1. The number of likely N-dealkylation sites (tertiary alicyclic amines) is 1. The van der Waals surface area contributed by atoms with Crippen LogP contribution in [0.15, 0.2) is 58.4 Å². The summed E-state index contributed by atoms with van der Waals surface area (Å²) in [7, 11) is 0. The fourth-order valence-electron chi connectivity index (χ4n) is 3.60. The van der Waals surface area contributed by atoms with Crippen LogP contribution in [0.2, 0.25) is 0 Å². The van der Waals surface area contributed by atoms with Crippen molar-refractivity contribution >= 4 is 27.3 Å². The lowest BCUT2D eigenvalue weighted by Crippen LogP contribution is -2.32. The van der Waals surface area contributed by atoms with Gasteiger partial charge in [-0.2, -0.15) is 5.26 Å². The molecule has 4 rings (SSSR count). The number of thiazole rings is 1. The average Bonchev–Trinajstić information content (AvgIpc) is 3.19. The van der Waals surface area contributed by atoms with Crippen molar-refractivity contribution in [3.8, 4) is 17.3 Å². The van der Waals surface area contributed by atoms with Gasteiger partial charge in [-0.15, -0.1) is 11.3 Å². The summed E-state index contributed by atoms with van der Waals surface area (Å²) in [6, 6.07) is 18.5. The second-order valence-corrected chi connectivity index (χ2v) is 8.71. The third-order valence-electron chi connectivity index (χ3n) is 5.11. The molecular formula is C22H20BrN3S. The largest absolute Gasteiger partial charge is 0.299 e. The maximum Gasteiger partial charge on any atom is 0.0995 e. The maximum absolute atomic E-state index is 9.27. The topological polar surface area (TPSA) is 39.9 Å². The van der Waals surface area contributed by atoms with Gasteiger partial charge in [0.25, 0.3) is 0 Å². The standard InChI is InChI=1S/C22H20BrN3S/c23-20-7-3-6-17(12-20)21-15-27-22(25-21)16-8-10-26(11-9-16)14-19-5-2-1-4-18(19)13-24/h1-7,12,15-16H,8-11,14H2. The zero-order valence-electron chi connectivity index (χ0n) is 14.9. The fourth-order valence-corrected chi connectivity index (χ4v) is 5.00. The van der Waals surface area contributed by atoms with Crippen LogP contribution < -0.4 is 0 Å². The molecule has 0 spiro atoms. The van der Waals surface area contributed by atoms with E-state index in [-0.39, 0.29) is 0 Å². The molecule has 0 N–H and O–H groups in total. The van der Waals surface area contributed by atoms with Crippen molar-refractivity contribution in [2.24, 2.45) is 0 Å². The molecular weight excluding hydrogens is 418 g/mol. The van der Waals surface area contributed by atoms with Crippen LogP contribution in [0.1, 0.15) is 34.9 Å². The normalized spacial score (nSPS) is 15.6. The van der Waals surface area contributed by atoms with Gasteiger partial charge in [0.15, 0.2) is 0 Å². The number of piperidine rings is 1. The van der Waals surface area contributed by atoms with Gasteiger partial charge in [-0.25, -0.2) is 4.98 Å². The molecule has 2 aromatic carbocycles. The van der Waals surface area contributed by atoms with E-state index in [4.69, 9.17) is 4.98 Å². The van der Waals surface area contributed by atoms with Gasteiger partial charge in [0.1, 0.15) is 0 Å². The van der Waals surface area contributed by atoms with Crippen LogP contribution in [-0.4, -0.2) is 23.0 Å². The fraction of sp³-hybridized carbons (Fsp3) is 0.273. The van der Waals surface area contributed by atoms with E-state index in [2.05, 4.69) is 56.5 Å². The molecule has 3 nitrogen and oxygen atoms in total. The first-order valence-corrected chi connectivity index (χ1v) is 10.8. The molecule has 3 aromatic rings. The molecule has 1 fully saturated rings. The molecule has 0 bridgehead atoms. The van der Waals surface area contributed by atoms with Gasteiger partial charge < -0.3 is 0 Å². The van der Waals surface area contributed by atoms with E-state index in [1.165, 1.54) is 5.01 Å². The van der Waals surface area contributed by atoms with Crippen molar-refractivity contribution in [2.45, 2.75) is 25.3 Å². The third-order valence-corrected chi connectivity index (χ3v) is 6.61. The Morgan fingerprint density at radius 2 is 1.96 bits per heavy atom.